The Labute approximate surface area is 182 Å². The molecule has 1 fully saturated rings. The van der Waals surface area contributed by atoms with Gasteiger partial charge in [-0.15, -0.1) is 0 Å². The molecule has 1 aromatic heterocycles. The zero-order valence-corrected chi connectivity index (χ0v) is 17.9. The van der Waals surface area contributed by atoms with Crippen molar-refractivity contribution in [3.8, 4) is 0 Å². The first-order chi connectivity index (χ1) is 15.0. The number of carbonyl (C=O) groups excluding carboxylic acids is 2. The van der Waals surface area contributed by atoms with Crippen LogP contribution < -0.4 is 10.2 Å². The van der Waals surface area contributed by atoms with Crippen LogP contribution in [0.5, 0.6) is 0 Å². The summed E-state index contributed by atoms with van der Waals surface area (Å²) < 4.78 is 5.26. The topological polar surface area (TPSA) is 67.0 Å². The molecule has 1 atom stereocenters. The lowest BCUT2D eigenvalue weighted by molar-refractivity contribution is -0.925. The largest absolute Gasteiger partial charge is 0.459 e. The maximum absolute atomic E-state index is 13.5. The van der Waals surface area contributed by atoms with E-state index in [1.54, 1.807) is 17.0 Å². The van der Waals surface area contributed by atoms with Gasteiger partial charge in [0.25, 0.3) is 11.8 Å². The number of aryl methyl sites for hydroxylation is 2. The van der Waals surface area contributed by atoms with E-state index < -0.39 is 0 Å². The molecule has 0 saturated carbocycles. The molecule has 1 aliphatic heterocycles. The molecule has 31 heavy (non-hydrogen) atoms. The summed E-state index contributed by atoms with van der Waals surface area (Å²) in [6, 6.07) is 19.0. The van der Waals surface area contributed by atoms with Gasteiger partial charge < -0.3 is 19.5 Å². The number of para-hydroxylation sites is 1. The summed E-state index contributed by atoms with van der Waals surface area (Å²) in [5.74, 6) is 0.237. The number of anilines is 1. The Balaban J connectivity index is 1.53. The smallest absolute Gasteiger partial charge is 0.289 e. The quantitative estimate of drug-likeness (QED) is 0.669. The second kappa shape index (κ2) is 9.18. The fourth-order valence-corrected chi connectivity index (χ4v) is 4.27. The molecule has 2 heterocycles. The second-order valence-electron chi connectivity index (χ2n) is 8.03. The van der Waals surface area contributed by atoms with Gasteiger partial charge in [0.2, 0.25) is 0 Å². The number of piperazine rings is 1. The average molecular weight is 419 g/mol. The van der Waals surface area contributed by atoms with Crippen molar-refractivity contribution < 1.29 is 18.9 Å². The van der Waals surface area contributed by atoms with Gasteiger partial charge in [-0.2, -0.15) is 0 Å². The molecule has 0 spiro atoms. The molecule has 1 aliphatic rings. The van der Waals surface area contributed by atoms with E-state index in [9.17, 15) is 9.59 Å². The summed E-state index contributed by atoms with van der Waals surface area (Å²) in [6.45, 7) is 6.54. The third-order valence-electron chi connectivity index (χ3n) is 5.96. The molecule has 3 aromatic rings. The number of rotatable bonds is 5. The fourth-order valence-electron chi connectivity index (χ4n) is 4.27. The number of amides is 2. The standard InChI is InChI=1S/C25H27N3O3/c1-18-8-6-9-19(2)22(18)26-24(29)23(20-10-4-3-5-11-20)27-13-15-28(16-14-27)25(30)21-12-7-17-31-21/h3-12,17,23H,13-16H2,1-2H3,(H,26,29)/p+1. The van der Waals surface area contributed by atoms with Crippen LogP contribution in [-0.4, -0.2) is 42.9 Å². The minimum Gasteiger partial charge on any atom is -0.459 e. The van der Waals surface area contributed by atoms with Crippen LogP contribution in [0.15, 0.2) is 71.3 Å². The van der Waals surface area contributed by atoms with Crippen molar-refractivity contribution in [2.45, 2.75) is 19.9 Å². The lowest BCUT2D eigenvalue weighted by Gasteiger charge is -2.36. The lowest BCUT2D eigenvalue weighted by Crippen LogP contribution is -3.16. The van der Waals surface area contributed by atoms with Crippen LogP contribution in [-0.2, 0) is 4.79 Å². The Hall–Kier alpha value is -3.38. The fraction of sp³-hybridized carbons (Fsp3) is 0.280. The first-order valence-electron chi connectivity index (χ1n) is 10.6. The van der Waals surface area contributed by atoms with Crippen molar-refractivity contribution in [2.75, 3.05) is 31.5 Å². The average Bonchev–Trinajstić information content (AvgIpc) is 3.32. The first kappa shape index (κ1) is 20.9. The number of quaternary nitrogens is 1. The predicted octanol–water partition coefficient (Wildman–Crippen LogP) is 2.62. The third-order valence-corrected chi connectivity index (χ3v) is 5.96. The van der Waals surface area contributed by atoms with Crippen LogP contribution in [0, 0.1) is 13.8 Å². The summed E-state index contributed by atoms with van der Waals surface area (Å²) in [5, 5.41) is 3.18. The van der Waals surface area contributed by atoms with E-state index in [1.165, 1.54) is 6.26 Å². The lowest BCUT2D eigenvalue weighted by atomic mass is 10.0. The number of furan rings is 1. The monoisotopic (exact) mass is 418 g/mol. The minimum absolute atomic E-state index is 0.0237. The third kappa shape index (κ3) is 4.54. The van der Waals surface area contributed by atoms with Gasteiger partial charge >= 0.3 is 0 Å². The Morgan fingerprint density at radius 3 is 2.23 bits per heavy atom. The van der Waals surface area contributed by atoms with Gasteiger partial charge in [0.15, 0.2) is 11.8 Å². The molecule has 160 valence electrons. The van der Waals surface area contributed by atoms with Crippen molar-refractivity contribution in [2.24, 2.45) is 0 Å². The molecule has 2 amide bonds. The molecule has 1 saturated heterocycles. The maximum atomic E-state index is 13.5. The van der Waals surface area contributed by atoms with E-state index >= 15 is 0 Å². The van der Waals surface area contributed by atoms with Crippen molar-refractivity contribution in [1.82, 2.24) is 4.90 Å². The molecule has 1 unspecified atom stereocenters. The van der Waals surface area contributed by atoms with Crippen LogP contribution in [0.4, 0.5) is 5.69 Å². The van der Waals surface area contributed by atoms with Gasteiger partial charge in [-0.3, -0.25) is 9.59 Å². The summed E-state index contributed by atoms with van der Waals surface area (Å²) in [5.41, 5.74) is 3.94. The van der Waals surface area contributed by atoms with E-state index in [-0.39, 0.29) is 17.9 Å². The van der Waals surface area contributed by atoms with Crippen molar-refractivity contribution in [3.63, 3.8) is 0 Å². The molecule has 6 nitrogen and oxygen atoms in total. The summed E-state index contributed by atoms with van der Waals surface area (Å²) in [7, 11) is 0. The van der Waals surface area contributed by atoms with Gasteiger partial charge in [0.05, 0.1) is 32.4 Å². The van der Waals surface area contributed by atoms with Crippen LogP contribution in [0.3, 0.4) is 0 Å². The molecule has 2 N–H and O–H groups in total. The molecule has 6 heteroatoms. The number of hydrogen-bond donors (Lipinski definition) is 2. The number of nitrogens with one attached hydrogen (secondary N) is 2. The van der Waals surface area contributed by atoms with Crippen LogP contribution >= 0.6 is 0 Å². The Morgan fingerprint density at radius 1 is 0.935 bits per heavy atom. The summed E-state index contributed by atoms with van der Waals surface area (Å²) >= 11 is 0. The van der Waals surface area contributed by atoms with E-state index in [0.29, 0.717) is 31.9 Å². The van der Waals surface area contributed by atoms with E-state index in [0.717, 1.165) is 27.3 Å². The van der Waals surface area contributed by atoms with Crippen LogP contribution in [0.2, 0.25) is 0 Å². The summed E-state index contributed by atoms with van der Waals surface area (Å²) in [4.78, 5) is 29.0. The molecule has 4 rings (SSSR count). The highest BCUT2D eigenvalue weighted by Gasteiger charge is 2.36. The van der Waals surface area contributed by atoms with E-state index in [4.69, 9.17) is 4.42 Å². The predicted molar refractivity (Wildman–Crippen MR) is 119 cm³/mol. The van der Waals surface area contributed by atoms with E-state index in [2.05, 4.69) is 5.32 Å². The molecule has 0 aliphatic carbocycles. The van der Waals surface area contributed by atoms with E-state index in [1.807, 2.05) is 62.4 Å². The number of hydrogen-bond acceptors (Lipinski definition) is 3. The molecular weight excluding hydrogens is 390 g/mol. The highest BCUT2D eigenvalue weighted by Crippen LogP contribution is 2.21. The van der Waals surface area contributed by atoms with Gasteiger partial charge in [-0.1, -0.05) is 48.5 Å². The zero-order chi connectivity index (χ0) is 21.8. The first-order valence-corrected chi connectivity index (χ1v) is 10.6. The van der Waals surface area contributed by atoms with Gasteiger partial charge in [-0.25, -0.2) is 0 Å². The minimum atomic E-state index is -0.346. The molecule has 0 bridgehead atoms. The van der Waals surface area contributed by atoms with Crippen LogP contribution in [0.1, 0.15) is 33.3 Å². The Bertz CT molecular complexity index is 1020. The van der Waals surface area contributed by atoms with Gasteiger partial charge in [-0.05, 0) is 37.1 Å². The normalized spacial score (nSPS) is 15.5. The molecule has 0 radical (unpaired) electrons. The maximum Gasteiger partial charge on any atom is 0.289 e. The second-order valence-corrected chi connectivity index (χ2v) is 8.03. The number of nitrogens with zero attached hydrogens (tertiary/aromatic N) is 1. The van der Waals surface area contributed by atoms with Gasteiger partial charge in [0, 0.05) is 11.3 Å². The Kier molecular flexibility index (Phi) is 6.18. The van der Waals surface area contributed by atoms with Crippen LogP contribution in [0.25, 0.3) is 0 Å². The number of carbonyl (C=O) groups is 2. The Morgan fingerprint density at radius 2 is 1.61 bits per heavy atom. The number of benzene rings is 2. The van der Waals surface area contributed by atoms with Crippen molar-refractivity contribution >= 4 is 17.5 Å². The zero-order valence-electron chi connectivity index (χ0n) is 17.9. The van der Waals surface area contributed by atoms with Gasteiger partial charge in [0.1, 0.15) is 0 Å². The highest BCUT2D eigenvalue weighted by molar-refractivity contribution is 5.96. The highest BCUT2D eigenvalue weighted by atomic mass is 16.3. The van der Waals surface area contributed by atoms with Crippen molar-refractivity contribution in [1.29, 1.82) is 0 Å². The SMILES string of the molecule is Cc1cccc(C)c1NC(=O)C(c1ccccc1)[NH+]1CCN(C(=O)c2ccco2)CC1. The van der Waals surface area contributed by atoms with Crippen molar-refractivity contribution in [3.05, 3.63) is 89.4 Å². The molecular formula is C25H28N3O3+. The summed E-state index contributed by atoms with van der Waals surface area (Å²) in [6.07, 6.45) is 1.51. The molecule has 2 aromatic carbocycles.